The Balaban J connectivity index is 1.77. The molecule has 0 aromatic heterocycles. The molecule has 2 amide bonds. The third-order valence-electron chi connectivity index (χ3n) is 7.61. The topological polar surface area (TPSA) is 86.8 Å². The van der Waals surface area contributed by atoms with Gasteiger partial charge >= 0.3 is 0 Å². The number of amides is 2. The zero-order chi connectivity index (χ0) is 32.2. The van der Waals surface area contributed by atoms with Crippen molar-refractivity contribution in [3.05, 3.63) is 131 Å². The summed E-state index contributed by atoms with van der Waals surface area (Å²) in [7, 11) is -4.14. The van der Waals surface area contributed by atoms with E-state index in [-0.39, 0.29) is 23.8 Å². The van der Waals surface area contributed by atoms with E-state index in [0.717, 1.165) is 40.3 Å². The molecule has 7 nitrogen and oxygen atoms in total. The summed E-state index contributed by atoms with van der Waals surface area (Å²) in [6, 6.07) is 30.9. The van der Waals surface area contributed by atoms with Crippen LogP contribution in [0.3, 0.4) is 0 Å². The van der Waals surface area contributed by atoms with Gasteiger partial charge in [0, 0.05) is 24.5 Å². The van der Waals surface area contributed by atoms with Crippen LogP contribution in [-0.4, -0.2) is 44.3 Å². The minimum absolute atomic E-state index is 0.0692. The molecule has 0 aliphatic heterocycles. The molecular formula is C36H40ClN3O4S. The molecule has 45 heavy (non-hydrogen) atoms. The van der Waals surface area contributed by atoms with Crippen LogP contribution in [0.2, 0.25) is 5.02 Å². The van der Waals surface area contributed by atoms with Crippen LogP contribution in [-0.2, 0) is 39.0 Å². The van der Waals surface area contributed by atoms with E-state index in [1.165, 1.54) is 17.0 Å². The van der Waals surface area contributed by atoms with Gasteiger partial charge < -0.3 is 10.2 Å². The Bertz CT molecular complexity index is 1630. The van der Waals surface area contributed by atoms with E-state index in [2.05, 4.69) is 5.32 Å². The number of hydrogen-bond acceptors (Lipinski definition) is 4. The van der Waals surface area contributed by atoms with Crippen LogP contribution in [0.5, 0.6) is 0 Å². The molecule has 236 valence electrons. The van der Waals surface area contributed by atoms with Gasteiger partial charge in [-0.2, -0.15) is 0 Å². The number of rotatable bonds is 15. The first-order chi connectivity index (χ1) is 21.7. The summed E-state index contributed by atoms with van der Waals surface area (Å²) in [6.45, 7) is 4.12. The van der Waals surface area contributed by atoms with Crippen molar-refractivity contribution in [2.24, 2.45) is 0 Å². The lowest BCUT2D eigenvalue weighted by Crippen LogP contribution is -2.53. The second kappa shape index (κ2) is 16.3. The van der Waals surface area contributed by atoms with E-state index >= 15 is 0 Å². The van der Waals surface area contributed by atoms with E-state index in [1.54, 1.807) is 54.6 Å². The van der Waals surface area contributed by atoms with Crippen LogP contribution in [0, 0.1) is 0 Å². The molecule has 1 N–H and O–H groups in total. The molecule has 1 atom stereocenters. The summed E-state index contributed by atoms with van der Waals surface area (Å²) in [5.41, 5.74) is 3.05. The highest BCUT2D eigenvalue weighted by atomic mass is 35.5. The first kappa shape index (κ1) is 33.7. The highest BCUT2D eigenvalue weighted by Gasteiger charge is 2.34. The highest BCUT2D eigenvalue weighted by Crippen LogP contribution is 2.26. The molecule has 0 bridgehead atoms. The SMILES string of the molecule is CCCCNC(=O)[C@H](Cc1ccccc1)N(Cc1ccc(Cl)cc1)C(=O)CN(c1ccc(CC)cc1)S(=O)(=O)c1ccccc1. The van der Waals surface area contributed by atoms with E-state index in [1.807, 2.05) is 56.3 Å². The molecule has 4 aromatic carbocycles. The van der Waals surface area contributed by atoms with Gasteiger partial charge in [-0.3, -0.25) is 13.9 Å². The smallest absolute Gasteiger partial charge is 0.264 e. The third kappa shape index (κ3) is 9.19. The maximum atomic E-state index is 14.5. The molecule has 9 heteroatoms. The van der Waals surface area contributed by atoms with E-state index in [4.69, 9.17) is 11.6 Å². The van der Waals surface area contributed by atoms with Gasteiger partial charge in [0.15, 0.2) is 0 Å². The molecular weight excluding hydrogens is 606 g/mol. The Kier molecular flexibility index (Phi) is 12.2. The average Bonchev–Trinajstić information content (AvgIpc) is 3.07. The van der Waals surface area contributed by atoms with Gasteiger partial charge in [-0.25, -0.2) is 8.42 Å². The number of unbranched alkanes of at least 4 members (excludes halogenated alkanes) is 1. The number of hydrogen-bond donors (Lipinski definition) is 1. The minimum atomic E-state index is -4.14. The number of benzene rings is 4. The molecule has 0 spiro atoms. The fraction of sp³-hybridized carbons (Fsp3) is 0.278. The number of sulfonamides is 1. The fourth-order valence-corrected chi connectivity index (χ4v) is 6.55. The van der Waals surface area contributed by atoms with E-state index in [0.29, 0.717) is 17.3 Å². The van der Waals surface area contributed by atoms with Crippen LogP contribution in [0.25, 0.3) is 0 Å². The Hall–Kier alpha value is -4.14. The molecule has 0 saturated heterocycles. The summed E-state index contributed by atoms with van der Waals surface area (Å²) in [5, 5.41) is 3.55. The lowest BCUT2D eigenvalue weighted by molar-refractivity contribution is -0.140. The summed E-state index contributed by atoms with van der Waals surface area (Å²) in [4.78, 5) is 29.8. The van der Waals surface area contributed by atoms with Crippen LogP contribution >= 0.6 is 11.6 Å². The number of anilines is 1. The zero-order valence-corrected chi connectivity index (χ0v) is 27.3. The molecule has 4 rings (SSSR count). The minimum Gasteiger partial charge on any atom is -0.354 e. The van der Waals surface area contributed by atoms with E-state index < -0.39 is 28.5 Å². The summed E-state index contributed by atoms with van der Waals surface area (Å²) < 4.78 is 29.3. The van der Waals surface area contributed by atoms with Gasteiger partial charge in [0.2, 0.25) is 11.8 Å². The lowest BCUT2D eigenvalue weighted by Gasteiger charge is -2.34. The van der Waals surface area contributed by atoms with Crippen molar-refractivity contribution < 1.29 is 18.0 Å². The van der Waals surface area contributed by atoms with Gasteiger partial charge in [-0.1, -0.05) is 105 Å². The Morgan fingerprint density at radius 2 is 1.38 bits per heavy atom. The molecule has 0 unspecified atom stereocenters. The number of nitrogens with zero attached hydrogens (tertiary/aromatic N) is 2. The number of nitrogens with one attached hydrogen (secondary N) is 1. The molecule has 4 aromatic rings. The first-order valence-corrected chi connectivity index (χ1v) is 17.1. The normalized spacial score (nSPS) is 11.9. The zero-order valence-electron chi connectivity index (χ0n) is 25.7. The monoisotopic (exact) mass is 645 g/mol. The van der Waals surface area contributed by atoms with Crippen molar-refractivity contribution >= 4 is 39.1 Å². The van der Waals surface area contributed by atoms with Gasteiger partial charge in [-0.05, 0) is 65.9 Å². The Morgan fingerprint density at radius 3 is 1.98 bits per heavy atom. The van der Waals surface area contributed by atoms with Crippen molar-refractivity contribution in [2.75, 3.05) is 17.4 Å². The quantitative estimate of drug-likeness (QED) is 0.147. The third-order valence-corrected chi connectivity index (χ3v) is 9.65. The predicted octanol–water partition coefficient (Wildman–Crippen LogP) is 6.65. The number of halogens is 1. The second-order valence-electron chi connectivity index (χ2n) is 10.8. The number of carbonyl (C=O) groups excluding carboxylic acids is 2. The van der Waals surface area contributed by atoms with Gasteiger partial charge in [0.25, 0.3) is 10.0 Å². The molecule has 0 aliphatic rings. The summed E-state index contributed by atoms with van der Waals surface area (Å²) >= 11 is 6.15. The van der Waals surface area contributed by atoms with Crippen molar-refractivity contribution in [1.82, 2.24) is 10.2 Å². The summed E-state index contributed by atoms with van der Waals surface area (Å²) in [6.07, 6.45) is 2.74. The van der Waals surface area contributed by atoms with Crippen LogP contribution in [0.15, 0.2) is 114 Å². The molecule has 0 fully saturated rings. The lowest BCUT2D eigenvalue weighted by atomic mass is 10.0. The van der Waals surface area contributed by atoms with Crippen molar-refractivity contribution in [1.29, 1.82) is 0 Å². The Morgan fingerprint density at radius 1 is 0.778 bits per heavy atom. The summed E-state index contributed by atoms with van der Waals surface area (Å²) in [5.74, 6) is -0.796. The maximum absolute atomic E-state index is 14.5. The highest BCUT2D eigenvalue weighted by molar-refractivity contribution is 7.92. The molecule has 0 saturated carbocycles. The van der Waals surface area contributed by atoms with Crippen LogP contribution in [0.4, 0.5) is 5.69 Å². The predicted molar refractivity (Wildman–Crippen MR) is 181 cm³/mol. The number of carbonyl (C=O) groups is 2. The Labute approximate surface area is 271 Å². The van der Waals surface area contributed by atoms with E-state index in [9.17, 15) is 18.0 Å². The van der Waals surface area contributed by atoms with Crippen molar-refractivity contribution in [2.45, 2.75) is 57.0 Å². The average molecular weight is 646 g/mol. The molecule has 0 radical (unpaired) electrons. The molecule has 0 heterocycles. The van der Waals surface area contributed by atoms with Gasteiger partial charge in [0.1, 0.15) is 12.6 Å². The standard InChI is InChI=1S/C36H40ClN3O4S/c1-3-5-24-38-36(42)34(25-29-12-8-6-9-13-29)39(26-30-16-20-31(37)21-17-30)35(41)27-40(32-22-18-28(4-2)19-23-32)45(43,44)33-14-10-7-11-15-33/h6-23,34H,3-5,24-27H2,1-2H3,(H,38,42)/t34-/m0/s1. The van der Waals surface area contributed by atoms with Crippen LogP contribution in [0.1, 0.15) is 43.4 Å². The van der Waals surface area contributed by atoms with Crippen molar-refractivity contribution in [3.8, 4) is 0 Å². The number of aryl methyl sites for hydroxylation is 1. The van der Waals surface area contributed by atoms with Crippen molar-refractivity contribution in [3.63, 3.8) is 0 Å². The molecule has 0 aliphatic carbocycles. The largest absolute Gasteiger partial charge is 0.354 e. The fourth-order valence-electron chi connectivity index (χ4n) is 4.99. The second-order valence-corrected chi connectivity index (χ2v) is 13.1. The van der Waals surface area contributed by atoms with Gasteiger partial charge in [-0.15, -0.1) is 0 Å². The maximum Gasteiger partial charge on any atom is 0.264 e. The first-order valence-electron chi connectivity index (χ1n) is 15.2. The van der Waals surface area contributed by atoms with Crippen LogP contribution < -0.4 is 9.62 Å². The van der Waals surface area contributed by atoms with Gasteiger partial charge in [0.05, 0.1) is 10.6 Å².